The minimum Gasteiger partial charge on any atom is -0.266 e. The lowest BCUT2D eigenvalue weighted by atomic mass is 10.5. The molecule has 0 radical (unpaired) electrons. The summed E-state index contributed by atoms with van der Waals surface area (Å²) in [4.78, 5) is 16.4. The first-order chi connectivity index (χ1) is 6.27. The molecule has 0 atom stereocenters. The summed E-state index contributed by atoms with van der Waals surface area (Å²) in [6, 6.07) is 1.83. The molecular formula is C8H8N4O. The van der Waals surface area contributed by atoms with Crippen molar-refractivity contribution in [3.63, 3.8) is 0 Å². The fourth-order valence-electron chi connectivity index (χ4n) is 1.03. The average molecular weight is 176 g/mol. The Hall–Kier alpha value is -1.91. The van der Waals surface area contributed by atoms with Crippen molar-refractivity contribution < 1.29 is 0 Å². The summed E-state index contributed by atoms with van der Waals surface area (Å²) in [6.07, 6.45) is 6.07. The summed E-state index contributed by atoms with van der Waals surface area (Å²) < 4.78 is 1.38. The first kappa shape index (κ1) is 7.72. The Labute approximate surface area is 74.2 Å². The van der Waals surface area contributed by atoms with Gasteiger partial charge in [0.15, 0.2) is 0 Å². The molecule has 0 fully saturated rings. The zero-order chi connectivity index (χ0) is 9.26. The van der Waals surface area contributed by atoms with Crippen LogP contribution in [0.4, 0.5) is 0 Å². The van der Waals surface area contributed by atoms with Gasteiger partial charge < -0.3 is 0 Å². The maximum absolute atomic E-state index is 11.3. The maximum Gasteiger partial charge on any atom is 0.289 e. The van der Waals surface area contributed by atoms with E-state index in [-0.39, 0.29) is 5.56 Å². The van der Waals surface area contributed by atoms with Crippen molar-refractivity contribution in [1.29, 1.82) is 0 Å². The normalized spacial score (nSPS) is 10.2. The molecule has 0 amide bonds. The van der Waals surface area contributed by atoms with Crippen LogP contribution in [0.25, 0.3) is 0 Å². The third kappa shape index (κ3) is 1.35. The van der Waals surface area contributed by atoms with Crippen LogP contribution in [0.5, 0.6) is 0 Å². The Morgan fingerprint density at radius 2 is 2.23 bits per heavy atom. The van der Waals surface area contributed by atoms with Crippen LogP contribution in [0.2, 0.25) is 0 Å². The zero-order valence-corrected chi connectivity index (χ0v) is 7.08. The second kappa shape index (κ2) is 2.85. The molecule has 66 valence electrons. The van der Waals surface area contributed by atoms with Crippen LogP contribution in [-0.4, -0.2) is 19.5 Å². The summed E-state index contributed by atoms with van der Waals surface area (Å²) in [5, 5.41) is 4.09. The summed E-state index contributed by atoms with van der Waals surface area (Å²) in [7, 11) is 0. The smallest absolute Gasteiger partial charge is 0.266 e. The van der Waals surface area contributed by atoms with Crippen molar-refractivity contribution in [2.24, 2.45) is 0 Å². The van der Waals surface area contributed by atoms with Gasteiger partial charge in [-0.1, -0.05) is 0 Å². The molecule has 0 N–H and O–H groups in total. The van der Waals surface area contributed by atoms with Gasteiger partial charge in [-0.2, -0.15) is 9.89 Å². The van der Waals surface area contributed by atoms with E-state index >= 15 is 0 Å². The van der Waals surface area contributed by atoms with E-state index in [4.69, 9.17) is 0 Å². The highest BCUT2D eigenvalue weighted by atomic mass is 16.1. The van der Waals surface area contributed by atoms with E-state index in [9.17, 15) is 4.79 Å². The van der Waals surface area contributed by atoms with Crippen molar-refractivity contribution >= 4 is 0 Å². The number of aromatic nitrogens is 4. The van der Waals surface area contributed by atoms with Crippen LogP contribution in [0, 0.1) is 6.92 Å². The van der Waals surface area contributed by atoms with Gasteiger partial charge in [-0.3, -0.25) is 9.78 Å². The van der Waals surface area contributed by atoms with Gasteiger partial charge in [-0.25, -0.2) is 4.68 Å². The van der Waals surface area contributed by atoms with Crippen molar-refractivity contribution in [2.75, 3.05) is 0 Å². The SMILES string of the molecule is Cc1ccn(-n2ccncc2=O)n1. The lowest BCUT2D eigenvalue weighted by Crippen LogP contribution is -2.25. The molecule has 2 heterocycles. The number of rotatable bonds is 1. The molecule has 0 aromatic carbocycles. The molecule has 2 aromatic heterocycles. The van der Waals surface area contributed by atoms with E-state index in [1.165, 1.54) is 15.7 Å². The fourth-order valence-corrected chi connectivity index (χ4v) is 1.03. The van der Waals surface area contributed by atoms with Crippen LogP contribution >= 0.6 is 0 Å². The minimum atomic E-state index is -0.203. The highest BCUT2D eigenvalue weighted by molar-refractivity contribution is 4.96. The molecule has 0 aliphatic rings. The highest BCUT2D eigenvalue weighted by Crippen LogP contribution is 1.91. The third-order valence-corrected chi connectivity index (χ3v) is 1.63. The summed E-state index contributed by atoms with van der Waals surface area (Å²) in [6.45, 7) is 1.86. The molecule has 5 heteroatoms. The van der Waals surface area contributed by atoms with Crippen LogP contribution in [0.15, 0.2) is 35.6 Å². The predicted octanol–water partition coefficient (Wildman–Crippen LogP) is 0.0596. The van der Waals surface area contributed by atoms with Crippen LogP contribution < -0.4 is 5.56 Å². The lowest BCUT2D eigenvalue weighted by molar-refractivity contribution is 0.544. The van der Waals surface area contributed by atoms with E-state index in [1.54, 1.807) is 18.6 Å². The first-order valence-electron chi connectivity index (χ1n) is 3.83. The standard InChI is InChI=1S/C8H8N4O/c1-7-2-4-12(10-7)11-5-3-9-6-8(11)13/h2-6H,1H3. The molecule has 0 bridgehead atoms. The van der Waals surface area contributed by atoms with E-state index < -0.39 is 0 Å². The monoisotopic (exact) mass is 176 g/mol. The van der Waals surface area contributed by atoms with Crippen LogP contribution in [-0.2, 0) is 0 Å². The molecule has 0 spiro atoms. The van der Waals surface area contributed by atoms with Gasteiger partial charge in [-0.15, -0.1) is 0 Å². The molecule has 0 unspecified atom stereocenters. The number of hydrogen-bond acceptors (Lipinski definition) is 3. The Balaban J connectivity index is 2.59. The van der Waals surface area contributed by atoms with Crippen molar-refractivity contribution in [1.82, 2.24) is 19.5 Å². The Bertz CT molecular complexity index is 471. The van der Waals surface area contributed by atoms with Gasteiger partial charge in [-0.05, 0) is 13.0 Å². The van der Waals surface area contributed by atoms with Gasteiger partial charge in [0.2, 0.25) is 0 Å². The van der Waals surface area contributed by atoms with E-state index in [0.29, 0.717) is 0 Å². The second-order valence-electron chi connectivity index (χ2n) is 2.64. The highest BCUT2D eigenvalue weighted by Gasteiger charge is 1.97. The summed E-state index contributed by atoms with van der Waals surface area (Å²) >= 11 is 0. The number of nitrogens with zero attached hydrogens (tertiary/aromatic N) is 4. The lowest BCUT2D eigenvalue weighted by Gasteiger charge is -2.02. The molecule has 0 aliphatic heterocycles. The topological polar surface area (TPSA) is 52.7 Å². The van der Waals surface area contributed by atoms with Crippen molar-refractivity contribution in [2.45, 2.75) is 6.92 Å². The van der Waals surface area contributed by atoms with Crippen molar-refractivity contribution in [3.8, 4) is 0 Å². The Morgan fingerprint density at radius 1 is 1.38 bits per heavy atom. The predicted molar refractivity (Wildman–Crippen MR) is 46.3 cm³/mol. The zero-order valence-electron chi connectivity index (χ0n) is 7.08. The van der Waals surface area contributed by atoms with Crippen LogP contribution in [0.3, 0.4) is 0 Å². The quantitative estimate of drug-likeness (QED) is 0.617. The van der Waals surface area contributed by atoms with E-state index in [2.05, 4.69) is 10.1 Å². The summed E-state index contributed by atoms with van der Waals surface area (Å²) in [5.41, 5.74) is 0.661. The molecule has 2 aromatic rings. The van der Waals surface area contributed by atoms with Crippen molar-refractivity contribution in [3.05, 3.63) is 46.9 Å². The van der Waals surface area contributed by atoms with Crippen LogP contribution in [0.1, 0.15) is 5.69 Å². The second-order valence-corrected chi connectivity index (χ2v) is 2.64. The summed E-state index contributed by atoms with van der Waals surface area (Å²) in [5.74, 6) is 0. The average Bonchev–Trinajstić information content (AvgIpc) is 2.53. The van der Waals surface area contributed by atoms with E-state index in [0.717, 1.165) is 5.69 Å². The molecule has 0 saturated heterocycles. The van der Waals surface area contributed by atoms with E-state index in [1.807, 2.05) is 13.0 Å². The fraction of sp³-hybridized carbons (Fsp3) is 0.125. The molecule has 5 nitrogen and oxygen atoms in total. The Kier molecular flexibility index (Phi) is 1.70. The molecule has 13 heavy (non-hydrogen) atoms. The molecular weight excluding hydrogens is 168 g/mol. The molecule has 0 aliphatic carbocycles. The molecule has 2 rings (SSSR count). The molecule has 0 saturated carbocycles. The van der Waals surface area contributed by atoms with Gasteiger partial charge in [0.1, 0.15) is 0 Å². The first-order valence-corrected chi connectivity index (χ1v) is 3.83. The Morgan fingerprint density at radius 3 is 2.85 bits per heavy atom. The third-order valence-electron chi connectivity index (χ3n) is 1.63. The minimum absolute atomic E-state index is 0.203. The maximum atomic E-state index is 11.3. The van der Waals surface area contributed by atoms with Gasteiger partial charge in [0, 0.05) is 12.4 Å². The number of aryl methyl sites for hydroxylation is 1. The largest absolute Gasteiger partial charge is 0.289 e. The van der Waals surface area contributed by atoms with Gasteiger partial charge in [0.25, 0.3) is 5.56 Å². The number of hydrogen-bond donors (Lipinski definition) is 0. The van der Waals surface area contributed by atoms with Gasteiger partial charge >= 0.3 is 0 Å². The van der Waals surface area contributed by atoms with Gasteiger partial charge in [0.05, 0.1) is 18.1 Å².